The maximum Gasteiger partial charge on any atom is 0.192 e. The Hall–Kier alpha value is -1.03. The van der Waals surface area contributed by atoms with Crippen LogP contribution < -0.4 is 0 Å². The highest BCUT2D eigenvalue weighted by Gasteiger charge is 1.96. The van der Waals surface area contributed by atoms with Crippen molar-refractivity contribution in [2.45, 2.75) is 26.2 Å². The summed E-state index contributed by atoms with van der Waals surface area (Å²) in [6.07, 6.45) is 5.74. The number of rotatable bonds is 4. The maximum absolute atomic E-state index is 9.89. The predicted octanol–water partition coefficient (Wildman–Crippen LogP) is 2.18. The standard InChI is InChI=1S/C10H14O/c1-3-5-7-10(4-2)8-6-9-11/h4,9-10H,2-3,5,7H2,1H3. The van der Waals surface area contributed by atoms with Crippen LogP contribution in [0.25, 0.3) is 0 Å². The first-order chi connectivity index (χ1) is 5.35. The molecule has 1 nitrogen and oxygen atoms in total. The number of carbonyl (C=O) groups is 1. The second-order valence-corrected chi connectivity index (χ2v) is 2.39. The molecule has 0 aliphatic rings. The maximum atomic E-state index is 9.89. The third kappa shape index (κ3) is 5.42. The molecule has 11 heavy (non-hydrogen) atoms. The minimum absolute atomic E-state index is 0.195. The Labute approximate surface area is 68.5 Å². The van der Waals surface area contributed by atoms with E-state index in [4.69, 9.17) is 0 Å². The Morgan fingerprint density at radius 3 is 2.82 bits per heavy atom. The van der Waals surface area contributed by atoms with Gasteiger partial charge >= 0.3 is 0 Å². The smallest absolute Gasteiger partial charge is 0.192 e. The van der Waals surface area contributed by atoms with Gasteiger partial charge in [0, 0.05) is 5.92 Å². The van der Waals surface area contributed by atoms with Gasteiger partial charge in [-0.25, -0.2) is 0 Å². The van der Waals surface area contributed by atoms with Gasteiger partial charge in [-0.05, 0) is 12.3 Å². The highest BCUT2D eigenvalue weighted by molar-refractivity contribution is 5.72. The molecule has 0 saturated heterocycles. The molecule has 0 N–H and O–H groups in total. The van der Waals surface area contributed by atoms with Gasteiger partial charge in [0.2, 0.25) is 0 Å². The van der Waals surface area contributed by atoms with E-state index >= 15 is 0 Å². The van der Waals surface area contributed by atoms with Gasteiger partial charge in [-0.3, -0.25) is 4.79 Å². The van der Waals surface area contributed by atoms with Crippen molar-refractivity contribution in [1.29, 1.82) is 0 Å². The van der Waals surface area contributed by atoms with E-state index in [2.05, 4.69) is 25.3 Å². The molecule has 0 aliphatic heterocycles. The van der Waals surface area contributed by atoms with Crippen molar-refractivity contribution >= 4 is 6.29 Å². The molecule has 0 saturated carbocycles. The molecule has 0 fully saturated rings. The van der Waals surface area contributed by atoms with Gasteiger partial charge in [0.1, 0.15) is 0 Å². The van der Waals surface area contributed by atoms with Crippen LogP contribution in [0.15, 0.2) is 12.7 Å². The minimum Gasteiger partial charge on any atom is -0.289 e. The summed E-state index contributed by atoms with van der Waals surface area (Å²) in [5.41, 5.74) is 0. The average Bonchev–Trinajstić information content (AvgIpc) is 2.05. The van der Waals surface area contributed by atoms with E-state index in [0.717, 1.165) is 19.3 Å². The molecule has 60 valence electrons. The van der Waals surface area contributed by atoms with Gasteiger partial charge < -0.3 is 0 Å². The van der Waals surface area contributed by atoms with Crippen LogP contribution in [-0.4, -0.2) is 6.29 Å². The summed E-state index contributed by atoms with van der Waals surface area (Å²) in [7, 11) is 0. The van der Waals surface area contributed by atoms with E-state index in [0.29, 0.717) is 6.29 Å². The van der Waals surface area contributed by atoms with Crippen LogP contribution in [-0.2, 0) is 4.79 Å². The summed E-state index contributed by atoms with van der Waals surface area (Å²) < 4.78 is 0. The fourth-order valence-electron chi connectivity index (χ4n) is 0.814. The fraction of sp³-hybridized carbons (Fsp3) is 0.500. The first-order valence-electron chi connectivity index (χ1n) is 3.92. The van der Waals surface area contributed by atoms with Crippen molar-refractivity contribution in [3.05, 3.63) is 12.7 Å². The number of carbonyl (C=O) groups excluding carboxylic acids is 1. The van der Waals surface area contributed by atoms with Gasteiger partial charge in [0.05, 0.1) is 0 Å². The monoisotopic (exact) mass is 150 g/mol. The van der Waals surface area contributed by atoms with Crippen LogP contribution in [0.3, 0.4) is 0 Å². The number of aldehydes is 1. The fourth-order valence-corrected chi connectivity index (χ4v) is 0.814. The zero-order valence-electron chi connectivity index (χ0n) is 6.97. The van der Waals surface area contributed by atoms with Gasteiger partial charge in [-0.15, -0.1) is 6.58 Å². The lowest BCUT2D eigenvalue weighted by molar-refractivity contribution is -0.103. The average molecular weight is 150 g/mol. The minimum atomic E-state index is 0.195. The Morgan fingerprint density at radius 1 is 1.64 bits per heavy atom. The lowest BCUT2D eigenvalue weighted by Gasteiger charge is -2.00. The Balaban J connectivity index is 3.75. The summed E-state index contributed by atoms with van der Waals surface area (Å²) in [6, 6.07) is 0. The quantitative estimate of drug-likeness (QED) is 0.341. The molecule has 0 aromatic heterocycles. The molecule has 0 rings (SSSR count). The number of unbranched alkanes of at least 4 members (excludes halogenated alkanes) is 1. The van der Waals surface area contributed by atoms with E-state index in [1.807, 2.05) is 0 Å². The molecule has 1 atom stereocenters. The van der Waals surface area contributed by atoms with Crippen molar-refractivity contribution in [3.8, 4) is 11.8 Å². The Morgan fingerprint density at radius 2 is 2.36 bits per heavy atom. The number of hydrogen-bond acceptors (Lipinski definition) is 1. The van der Waals surface area contributed by atoms with E-state index in [1.165, 1.54) is 0 Å². The lowest BCUT2D eigenvalue weighted by atomic mass is 10.0. The molecule has 0 amide bonds. The largest absolute Gasteiger partial charge is 0.289 e. The molecule has 0 spiro atoms. The molecule has 0 radical (unpaired) electrons. The third-order valence-electron chi connectivity index (χ3n) is 1.48. The topological polar surface area (TPSA) is 17.1 Å². The molecule has 0 aliphatic carbocycles. The van der Waals surface area contributed by atoms with Crippen LogP contribution in [0.5, 0.6) is 0 Å². The summed E-state index contributed by atoms with van der Waals surface area (Å²) in [5.74, 6) is 5.42. The SMILES string of the molecule is C=CC(C#CC=O)CCCC. The predicted molar refractivity (Wildman–Crippen MR) is 47.1 cm³/mol. The van der Waals surface area contributed by atoms with E-state index in [-0.39, 0.29) is 5.92 Å². The summed E-state index contributed by atoms with van der Waals surface area (Å²) in [6.45, 7) is 5.78. The summed E-state index contributed by atoms with van der Waals surface area (Å²) in [4.78, 5) is 9.89. The van der Waals surface area contributed by atoms with Crippen molar-refractivity contribution in [1.82, 2.24) is 0 Å². The lowest BCUT2D eigenvalue weighted by Crippen LogP contribution is -1.91. The van der Waals surface area contributed by atoms with Crippen molar-refractivity contribution in [2.75, 3.05) is 0 Å². The Bertz CT molecular complexity index is 171. The summed E-state index contributed by atoms with van der Waals surface area (Å²) in [5, 5.41) is 0. The highest BCUT2D eigenvalue weighted by atomic mass is 16.1. The second-order valence-electron chi connectivity index (χ2n) is 2.39. The molecular weight excluding hydrogens is 136 g/mol. The second kappa shape index (κ2) is 7.08. The van der Waals surface area contributed by atoms with Gasteiger partial charge in [0.15, 0.2) is 6.29 Å². The molecule has 0 bridgehead atoms. The molecule has 0 heterocycles. The van der Waals surface area contributed by atoms with Crippen LogP contribution in [0.2, 0.25) is 0 Å². The normalized spacial score (nSPS) is 11.0. The molecule has 0 aromatic carbocycles. The van der Waals surface area contributed by atoms with E-state index < -0.39 is 0 Å². The van der Waals surface area contributed by atoms with E-state index in [9.17, 15) is 4.79 Å². The molecule has 0 aromatic rings. The third-order valence-corrected chi connectivity index (χ3v) is 1.48. The Kier molecular flexibility index (Phi) is 6.42. The zero-order valence-corrected chi connectivity index (χ0v) is 6.97. The van der Waals surface area contributed by atoms with Crippen molar-refractivity contribution < 1.29 is 4.79 Å². The zero-order chi connectivity index (χ0) is 8.53. The van der Waals surface area contributed by atoms with Gasteiger partial charge in [0.25, 0.3) is 0 Å². The number of hydrogen-bond donors (Lipinski definition) is 0. The van der Waals surface area contributed by atoms with Gasteiger partial charge in [-0.1, -0.05) is 31.8 Å². The summed E-state index contributed by atoms with van der Waals surface area (Å²) >= 11 is 0. The van der Waals surface area contributed by atoms with Crippen LogP contribution in [0, 0.1) is 17.8 Å². The molecule has 1 unspecified atom stereocenters. The van der Waals surface area contributed by atoms with Crippen LogP contribution in [0.1, 0.15) is 26.2 Å². The van der Waals surface area contributed by atoms with E-state index in [1.54, 1.807) is 6.08 Å². The first-order valence-corrected chi connectivity index (χ1v) is 3.92. The number of allylic oxidation sites excluding steroid dienone is 1. The van der Waals surface area contributed by atoms with Crippen molar-refractivity contribution in [3.63, 3.8) is 0 Å². The molecular formula is C10H14O. The van der Waals surface area contributed by atoms with Crippen molar-refractivity contribution in [2.24, 2.45) is 5.92 Å². The van der Waals surface area contributed by atoms with Crippen LogP contribution >= 0.6 is 0 Å². The van der Waals surface area contributed by atoms with Gasteiger partial charge in [-0.2, -0.15) is 0 Å². The first kappa shape index (κ1) is 9.97. The highest BCUT2D eigenvalue weighted by Crippen LogP contribution is 2.07. The molecule has 1 heteroatoms. The van der Waals surface area contributed by atoms with Crippen LogP contribution in [0.4, 0.5) is 0 Å².